The summed E-state index contributed by atoms with van der Waals surface area (Å²) >= 11 is 0. The highest BCUT2D eigenvalue weighted by Crippen LogP contribution is 2.22. The van der Waals surface area contributed by atoms with Crippen molar-refractivity contribution in [3.05, 3.63) is 41.3 Å². The molecule has 0 aliphatic heterocycles. The molecule has 4 heteroatoms. The molecule has 0 saturated heterocycles. The Morgan fingerprint density at radius 3 is 1.71 bits per heavy atom. The van der Waals surface area contributed by atoms with Gasteiger partial charge in [0.25, 0.3) is 0 Å². The average Bonchev–Trinajstić information content (AvgIpc) is 2.19. The van der Waals surface area contributed by atoms with Gasteiger partial charge < -0.3 is 0 Å². The molecule has 1 radical (unpaired) electrons. The van der Waals surface area contributed by atoms with Crippen molar-refractivity contribution in [2.75, 3.05) is 0 Å². The van der Waals surface area contributed by atoms with E-state index in [-0.39, 0.29) is 0 Å². The molecule has 0 N–H and O–H groups in total. The second-order valence-corrected chi connectivity index (χ2v) is 2.48. The molecule has 1 aromatic rings. The van der Waals surface area contributed by atoms with E-state index in [0.29, 0.717) is 0 Å². The largest absolute Gasteiger partial charge is 0.203 e. The first kappa shape index (κ1) is 10.6. The number of hydrogen-bond acceptors (Lipinski definition) is 0. The van der Waals surface area contributed by atoms with Crippen molar-refractivity contribution in [1.82, 2.24) is 0 Å². The predicted molar refractivity (Wildman–Crippen MR) is 43.3 cm³/mol. The highest BCUT2D eigenvalue weighted by molar-refractivity contribution is 5.41. The van der Waals surface area contributed by atoms with Crippen LogP contribution >= 0.6 is 0 Å². The van der Waals surface area contributed by atoms with Crippen LogP contribution in [0.4, 0.5) is 17.6 Å². The third kappa shape index (κ3) is 1.46. The van der Waals surface area contributed by atoms with Crippen molar-refractivity contribution in [3.63, 3.8) is 0 Å². The number of hydrogen-bond donors (Lipinski definition) is 0. The molecule has 1 rings (SSSR count). The van der Waals surface area contributed by atoms with Crippen LogP contribution in [0.25, 0.3) is 0 Å². The summed E-state index contributed by atoms with van der Waals surface area (Å²) in [6.45, 7) is 4.16. The molecule has 0 fully saturated rings. The molecular formula is C10H5F4. The highest BCUT2D eigenvalue weighted by Gasteiger charge is 2.21. The molecule has 0 aliphatic rings. The average molecular weight is 201 g/mol. The normalized spacial score (nSPS) is 9.57. The second kappa shape index (κ2) is 3.70. The first-order chi connectivity index (χ1) is 6.50. The fourth-order valence-electron chi connectivity index (χ4n) is 0.912. The standard InChI is InChI=1S/C10H5F4/c1-3-4-6-9(13)7(11)5(2)8(12)10(6)14/h2H2,1H3. The lowest BCUT2D eigenvalue weighted by Crippen LogP contribution is -2.03. The van der Waals surface area contributed by atoms with E-state index in [9.17, 15) is 17.6 Å². The summed E-state index contributed by atoms with van der Waals surface area (Å²) in [6.07, 6.45) is 0. The Bertz CT molecular complexity index is 409. The summed E-state index contributed by atoms with van der Waals surface area (Å²) < 4.78 is 51.6. The van der Waals surface area contributed by atoms with E-state index >= 15 is 0 Å². The Morgan fingerprint density at radius 2 is 1.36 bits per heavy atom. The molecule has 0 amide bonds. The van der Waals surface area contributed by atoms with Crippen molar-refractivity contribution < 1.29 is 17.6 Å². The van der Waals surface area contributed by atoms with E-state index in [0.717, 1.165) is 0 Å². The SMILES string of the molecule is [CH2]c1c(F)c(F)c(C#CC)c(F)c1F. The van der Waals surface area contributed by atoms with E-state index in [1.807, 2.05) is 5.92 Å². The molecule has 0 heterocycles. The highest BCUT2D eigenvalue weighted by atomic mass is 19.2. The van der Waals surface area contributed by atoms with Gasteiger partial charge >= 0.3 is 0 Å². The van der Waals surface area contributed by atoms with Gasteiger partial charge in [-0.2, -0.15) is 0 Å². The van der Waals surface area contributed by atoms with Crippen molar-refractivity contribution in [3.8, 4) is 11.8 Å². The number of benzene rings is 1. The lowest BCUT2D eigenvalue weighted by Gasteiger charge is -2.04. The van der Waals surface area contributed by atoms with E-state index in [1.54, 1.807) is 0 Å². The fraction of sp³-hybridized carbons (Fsp3) is 0.100. The zero-order chi connectivity index (χ0) is 10.9. The van der Waals surface area contributed by atoms with Gasteiger partial charge in [0.1, 0.15) is 5.56 Å². The van der Waals surface area contributed by atoms with Crippen molar-refractivity contribution >= 4 is 0 Å². The quantitative estimate of drug-likeness (QED) is 0.344. The first-order valence-electron chi connectivity index (χ1n) is 3.61. The Labute approximate surface area is 78.6 Å². The maximum atomic E-state index is 13.0. The van der Waals surface area contributed by atoms with Crippen LogP contribution in [0.15, 0.2) is 0 Å². The van der Waals surface area contributed by atoms with Crippen LogP contribution in [0.1, 0.15) is 18.1 Å². The topological polar surface area (TPSA) is 0 Å². The Kier molecular flexibility index (Phi) is 2.80. The molecule has 0 bridgehead atoms. The molecular weight excluding hydrogens is 196 g/mol. The van der Waals surface area contributed by atoms with Crippen LogP contribution in [-0.4, -0.2) is 0 Å². The van der Waals surface area contributed by atoms with E-state index < -0.39 is 34.4 Å². The van der Waals surface area contributed by atoms with Crippen LogP contribution < -0.4 is 0 Å². The van der Waals surface area contributed by atoms with Gasteiger partial charge in [0.15, 0.2) is 23.3 Å². The molecule has 0 saturated carbocycles. The maximum Gasteiger partial charge on any atom is 0.177 e. The van der Waals surface area contributed by atoms with E-state index in [1.165, 1.54) is 6.92 Å². The third-order valence-electron chi connectivity index (χ3n) is 1.60. The van der Waals surface area contributed by atoms with E-state index in [2.05, 4.69) is 12.8 Å². The molecule has 0 unspecified atom stereocenters. The van der Waals surface area contributed by atoms with Gasteiger partial charge in [0.2, 0.25) is 0 Å². The minimum atomic E-state index is -1.51. The summed E-state index contributed by atoms with van der Waals surface area (Å²) in [5.74, 6) is -1.95. The van der Waals surface area contributed by atoms with Crippen molar-refractivity contribution in [1.29, 1.82) is 0 Å². The van der Waals surface area contributed by atoms with Crippen molar-refractivity contribution in [2.24, 2.45) is 0 Å². The lowest BCUT2D eigenvalue weighted by atomic mass is 10.1. The van der Waals surface area contributed by atoms with Crippen LogP contribution in [0.3, 0.4) is 0 Å². The van der Waals surface area contributed by atoms with Gasteiger partial charge in [-0.05, 0) is 13.8 Å². The first-order valence-corrected chi connectivity index (χ1v) is 3.61. The molecule has 0 aromatic heterocycles. The van der Waals surface area contributed by atoms with Crippen LogP contribution in [0.5, 0.6) is 0 Å². The Hall–Kier alpha value is -1.50. The van der Waals surface area contributed by atoms with Gasteiger partial charge in [-0.15, -0.1) is 5.92 Å². The molecule has 0 aliphatic carbocycles. The van der Waals surface area contributed by atoms with Crippen LogP contribution in [0.2, 0.25) is 0 Å². The van der Waals surface area contributed by atoms with Gasteiger partial charge in [-0.3, -0.25) is 0 Å². The molecule has 73 valence electrons. The summed E-state index contributed by atoms with van der Waals surface area (Å²) in [6, 6.07) is 0. The lowest BCUT2D eigenvalue weighted by molar-refractivity contribution is 0.445. The van der Waals surface area contributed by atoms with Crippen LogP contribution in [0, 0.1) is 42.0 Å². The second-order valence-electron chi connectivity index (χ2n) is 2.48. The molecule has 0 nitrogen and oxygen atoms in total. The molecule has 0 spiro atoms. The fourth-order valence-corrected chi connectivity index (χ4v) is 0.912. The van der Waals surface area contributed by atoms with Gasteiger partial charge in [-0.25, -0.2) is 17.6 Å². The summed E-state index contributed by atoms with van der Waals surface area (Å²) in [4.78, 5) is 0. The van der Waals surface area contributed by atoms with Crippen LogP contribution in [-0.2, 0) is 0 Å². The predicted octanol–water partition coefficient (Wildman–Crippen LogP) is 2.80. The summed E-state index contributed by atoms with van der Waals surface area (Å²) in [5.41, 5.74) is -1.84. The monoisotopic (exact) mass is 201 g/mol. The van der Waals surface area contributed by atoms with Gasteiger partial charge in [-0.1, -0.05) is 5.92 Å². The maximum absolute atomic E-state index is 13.0. The van der Waals surface area contributed by atoms with Gasteiger partial charge in [0, 0.05) is 5.56 Å². The number of rotatable bonds is 0. The summed E-state index contributed by atoms with van der Waals surface area (Å²) in [5, 5.41) is 0. The minimum absolute atomic E-state index is 0.908. The summed E-state index contributed by atoms with van der Waals surface area (Å²) in [7, 11) is 0. The Balaban J connectivity index is 3.65. The molecule has 1 aromatic carbocycles. The zero-order valence-electron chi connectivity index (χ0n) is 7.22. The zero-order valence-corrected chi connectivity index (χ0v) is 7.22. The van der Waals surface area contributed by atoms with Gasteiger partial charge in [0.05, 0.1) is 0 Å². The number of halogens is 4. The Morgan fingerprint density at radius 1 is 0.929 bits per heavy atom. The minimum Gasteiger partial charge on any atom is -0.203 e. The molecule has 14 heavy (non-hydrogen) atoms. The van der Waals surface area contributed by atoms with Crippen molar-refractivity contribution in [2.45, 2.75) is 6.92 Å². The third-order valence-corrected chi connectivity index (χ3v) is 1.60. The van der Waals surface area contributed by atoms with E-state index in [4.69, 9.17) is 0 Å². The smallest absolute Gasteiger partial charge is 0.177 e. The molecule has 0 atom stereocenters.